The fourth-order valence-electron chi connectivity index (χ4n) is 1.49. The van der Waals surface area contributed by atoms with E-state index in [0.29, 0.717) is 5.69 Å². The normalized spacial score (nSPS) is 16.4. The highest BCUT2D eigenvalue weighted by Crippen LogP contribution is 2.27. The smallest absolute Gasteiger partial charge is 0.339 e. The third-order valence-electron chi connectivity index (χ3n) is 2.34. The molecule has 0 unspecified atom stereocenters. The van der Waals surface area contributed by atoms with Gasteiger partial charge in [0.25, 0.3) is 0 Å². The Morgan fingerprint density at radius 1 is 1.21 bits per heavy atom. The Morgan fingerprint density at radius 2 is 1.84 bits per heavy atom. The van der Waals surface area contributed by atoms with Gasteiger partial charge in [-0.25, -0.2) is 4.99 Å². The average Bonchev–Trinajstić information content (AvgIpc) is 2.76. The Balaban J connectivity index is 2.22. The van der Waals surface area contributed by atoms with Crippen LogP contribution in [0.4, 0.5) is 18.9 Å². The van der Waals surface area contributed by atoms with Crippen molar-refractivity contribution in [2.45, 2.75) is 5.51 Å². The SMILES string of the molecule is O=S(=O)(OC1=NCCN1c1ccccc1)C(F)(F)F. The summed E-state index contributed by atoms with van der Waals surface area (Å²) in [6.07, 6.45) is 0. The van der Waals surface area contributed by atoms with Crippen molar-refractivity contribution in [1.82, 2.24) is 0 Å². The molecule has 0 N–H and O–H groups in total. The van der Waals surface area contributed by atoms with Gasteiger partial charge >= 0.3 is 21.6 Å². The maximum Gasteiger partial charge on any atom is 0.534 e. The molecule has 9 heteroatoms. The molecule has 0 fully saturated rings. The van der Waals surface area contributed by atoms with E-state index >= 15 is 0 Å². The second-order valence-electron chi connectivity index (χ2n) is 3.63. The zero-order valence-corrected chi connectivity index (χ0v) is 10.3. The van der Waals surface area contributed by atoms with Crippen LogP contribution in [-0.4, -0.2) is 33.0 Å². The Labute approximate surface area is 107 Å². The van der Waals surface area contributed by atoms with Gasteiger partial charge in [0, 0.05) is 12.2 Å². The highest BCUT2D eigenvalue weighted by Gasteiger charge is 2.50. The van der Waals surface area contributed by atoms with E-state index in [1.165, 1.54) is 4.90 Å². The number of hydrogen-bond acceptors (Lipinski definition) is 5. The summed E-state index contributed by atoms with van der Waals surface area (Å²) in [5.41, 5.74) is -4.96. The van der Waals surface area contributed by atoms with Crippen LogP contribution in [0.2, 0.25) is 0 Å². The summed E-state index contributed by atoms with van der Waals surface area (Å²) >= 11 is 0. The molecule has 0 amide bonds. The van der Waals surface area contributed by atoms with Gasteiger partial charge in [0.2, 0.25) is 0 Å². The lowest BCUT2D eigenvalue weighted by molar-refractivity contribution is -0.0505. The van der Waals surface area contributed by atoms with Gasteiger partial charge in [-0.3, -0.25) is 4.90 Å². The third kappa shape index (κ3) is 2.80. The minimum atomic E-state index is -5.69. The van der Waals surface area contributed by atoms with Crippen molar-refractivity contribution in [2.75, 3.05) is 18.0 Å². The van der Waals surface area contributed by atoms with Crippen molar-refractivity contribution < 1.29 is 25.8 Å². The van der Waals surface area contributed by atoms with Gasteiger partial charge in [0.15, 0.2) is 0 Å². The lowest BCUT2D eigenvalue weighted by atomic mass is 10.3. The molecule has 19 heavy (non-hydrogen) atoms. The Morgan fingerprint density at radius 3 is 2.42 bits per heavy atom. The molecular weight excluding hydrogens is 285 g/mol. The van der Waals surface area contributed by atoms with Crippen LogP contribution >= 0.6 is 0 Å². The molecule has 0 saturated heterocycles. The van der Waals surface area contributed by atoms with Crippen LogP contribution in [0, 0.1) is 0 Å². The largest absolute Gasteiger partial charge is 0.534 e. The van der Waals surface area contributed by atoms with E-state index in [9.17, 15) is 21.6 Å². The van der Waals surface area contributed by atoms with Crippen molar-refractivity contribution >= 4 is 21.8 Å². The molecule has 104 valence electrons. The van der Waals surface area contributed by atoms with Crippen molar-refractivity contribution in [3.63, 3.8) is 0 Å². The zero-order chi connectivity index (χ0) is 14.1. The van der Waals surface area contributed by atoms with Gasteiger partial charge in [-0.1, -0.05) is 18.2 Å². The van der Waals surface area contributed by atoms with E-state index in [-0.39, 0.29) is 13.1 Å². The first-order chi connectivity index (χ1) is 8.81. The number of hydrogen-bond donors (Lipinski definition) is 0. The number of aliphatic imine (C=N–C) groups is 1. The number of alkyl halides is 3. The predicted octanol–water partition coefficient (Wildman–Crippen LogP) is 1.73. The maximum absolute atomic E-state index is 12.2. The first kappa shape index (κ1) is 13.7. The lowest BCUT2D eigenvalue weighted by Gasteiger charge is -2.19. The summed E-state index contributed by atoms with van der Waals surface area (Å²) in [6.45, 7) is 0.421. The van der Waals surface area contributed by atoms with Crippen LogP contribution in [-0.2, 0) is 14.3 Å². The van der Waals surface area contributed by atoms with Gasteiger partial charge in [0.1, 0.15) is 0 Å². The van der Waals surface area contributed by atoms with Crippen LogP contribution in [0.3, 0.4) is 0 Å². The second kappa shape index (κ2) is 4.72. The molecule has 0 spiro atoms. The van der Waals surface area contributed by atoms with Crippen molar-refractivity contribution in [3.8, 4) is 0 Å². The number of amidine groups is 1. The number of rotatable bonds is 2. The predicted molar refractivity (Wildman–Crippen MR) is 62.1 cm³/mol. The molecular formula is C10H9F3N2O3S. The second-order valence-corrected chi connectivity index (χ2v) is 5.17. The molecule has 1 aliphatic rings. The maximum atomic E-state index is 12.2. The standard InChI is InChI=1S/C10H9F3N2O3S/c11-10(12,13)19(16,17)18-9-14-6-7-15(9)8-4-2-1-3-5-8/h1-5H,6-7H2. The molecule has 1 aromatic rings. The zero-order valence-electron chi connectivity index (χ0n) is 9.46. The number of halogens is 3. The first-order valence-electron chi connectivity index (χ1n) is 5.19. The quantitative estimate of drug-likeness (QED) is 0.615. The fourth-order valence-corrected chi connectivity index (χ4v) is 1.92. The van der Waals surface area contributed by atoms with Crippen LogP contribution in [0.25, 0.3) is 0 Å². The molecule has 1 heterocycles. The molecule has 5 nitrogen and oxygen atoms in total. The van der Waals surface area contributed by atoms with E-state index in [2.05, 4.69) is 9.18 Å². The number of nitrogens with zero attached hydrogens (tertiary/aromatic N) is 2. The summed E-state index contributed by atoms with van der Waals surface area (Å²) in [5.74, 6) is 0. The molecule has 0 radical (unpaired) electrons. The summed E-state index contributed by atoms with van der Waals surface area (Å²) < 4.78 is 62.6. The third-order valence-corrected chi connectivity index (χ3v) is 3.27. The average molecular weight is 294 g/mol. The summed E-state index contributed by atoms with van der Waals surface area (Å²) in [4.78, 5) is 4.90. The van der Waals surface area contributed by atoms with Crippen LogP contribution in [0.15, 0.2) is 35.3 Å². The van der Waals surface area contributed by atoms with Crippen LogP contribution in [0.1, 0.15) is 0 Å². The number of anilines is 1. The van der Waals surface area contributed by atoms with Crippen molar-refractivity contribution in [2.24, 2.45) is 4.99 Å². The van der Waals surface area contributed by atoms with E-state index in [1.807, 2.05) is 0 Å². The molecule has 0 saturated carbocycles. The highest BCUT2D eigenvalue weighted by molar-refractivity contribution is 7.88. The van der Waals surface area contributed by atoms with Gasteiger partial charge in [-0.15, -0.1) is 0 Å². The molecule has 1 aromatic carbocycles. The van der Waals surface area contributed by atoms with Gasteiger partial charge in [-0.2, -0.15) is 21.6 Å². The van der Waals surface area contributed by atoms with E-state index < -0.39 is 21.6 Å². The van der Waals surface area contributed by atoms with E-state index in [1.54, 1.807) is 30.3 Å². The minimum absolute atomic E-state index is 0.164. The topological polar surface area (TPSA) is 59.0 Å². The Bertz CT molecular complexity index is 584. The lowest BCUT2D eigenvalue weighted by Crippen LogP contribution is -2.35. The fraction of sp³-hybridized carbons (Fsp3) is 0.300. The molecule has 1 aliphatic heterocycles. The molecule has 0 aliphatic carbocycles. The van der Waals surface area contributed by atoms with Crippen molar-refractivity contribution in [1.29, 1.82) is 0 Å². The number of benzene rings is 1. The Hall–Kier alpha value is -1.77. The molecule has 2 rings (SSSR count). The van der Waals surface area contributed by atoms with Gasteiger partial charge in [0.05, 0.1) is 6.54 Å². The first-order valence-corrected chi connectivity index (χ1v) is 6.60. The Kier molecular flexibility index (Phi) is 3.40. The summed E-state index contributed by atoms with van der Waals surface area (Å²) in [6, 6.07) is 7.73. The summed E-state index contributed by atoms with van der Waals surface area (Å²) in [7, 11) is -5.69. The highest BCUT2D eigenvalue weighted by atomic mass is 32.2. The summed E-state index contributed by atoms with van der Waals surface area (Å²) in [5, 5.41) is 0. The van der Waals surface area contributed by atoms with Gasteiger partial charge < -0.3 is 4.18 Å². The van der Waals surface area contributed by atoms with E-state index in [0.717, 1.165) is 0 Å². The molecule has 0 bridgehead atoms. The molecule has 0 aromatic heterocycles. The van der Waals surface area contributed by atoms with Crippen LogP contribution in [0.5, 0.6) is 0 Å². The van der Waals surface area contributed by atoms with E-state index in [4.69, 9.17) is 0 Å². The monoisotopic (exact) mass is 294 g/mol. The van der Waals surface area contributed by atoms with Gasteiger partial charge in [-0.05, 0) is 12.1 Å². The van der Waals surface area contributed by atoms with Crippen molar-refractivity contribution in [3.05, 3.63) is 30.3 Å². The number of para-hydroxylation sites is 1. The minimum Gasteiger partial charge on any atom is -0.339 e. The van der Waals surface area contributed by atoms with Crippen LogP contribution < -0.4 is 4.90 Å². The molecule has 0 atom stereocenters.